The third-order valence-electron chi connectivity index (χ3n) is 2.64. The minimum Gasteiger partial charge on any atom is -0.444 e. The van der Waals surface area contributed by atoms with Crippen molar-refractivity contribution in [2.24, 2.45) is 11.8 Å². The van der Waals surface area contributed by atoms with E-state index in [2.05, 4.69) is 38.3 Å². The van der Waals surface area contributed by atoms with Gasteiger partial charge >= 0.3 is 6.09 Å². The molecule has 1 amide bonds. The van der Waals surface area contributed by atoms with Crippen molar-refractivity contribution in [3.05, 3.63) is 0 Å². The van der Waals surface area contributed by atoms with E-state index < -0.39 is 5.60 Å². The molecule has 0 aromatic carbocycles. The molecule has 0 fully saturated rings. The normalized spacial score (nSPS) is 13.8. The third-order valence-corrected chi connectivity index (χ3v) is 2.64. The number of carbonyl (C=O) groups excluding carboxylic acids is 1. The van der Waals surface area contributed by atoms with Gasteiger partial charge in [0.2, 0.25) is 0 Å². The quantitative estimate of drug-likeness (QED) is 0.770. The SMILES string of the molecule is CC(C)NCC(CNC(=O)OC(C)(C)C)C(C)C. The molecule has 0 heterocycles. The summed E-state index contributed by atoms with van der Waals surface area (Å²) in [6.45, 7) is 15.7. The van der Waals surface area contributed by atoms with E-state index in [1.807, 2.05) is 20.8 Å². The Morgan fingerprint density at radius 1 is 1.11 bits per heavy atom. The second-order valence-electron chi connectivity index (χ2n) is 6.45. The van der Waals surface area contributed by atoms with Gasteiger partial charge in [-0.1, -0.05) is 27.7 Å². The first-order valence-electron chi connectivity index (χ1n) is 6.82. The summed E-state index contributed by atoms with van der Waals surface area (Å²) in [5, 5.41) is 6.25. The van der Waals surface area contributed by atoms with E-state index in [4.69, 9.17) is 4.74 Å². The summed E-state index contributed by atoms with van der Waals surface area (Å²) in [5.74, 6) is 0.936. The van der Waals surface area contributed by atoms with Gasteiger partial charge in [0.25, 0.3) is 0 Å². The maximum Gasteiger partial charge on any atom is 0.407 e. The molecule has 0 radical (unpaired) electrons. The summed E-state index contributed by atoms with van der Waals surface area (Å²) < 4.78 is 5.22. The molecule has 108 valence electrons. The Bertz CT molecular complexity index is 245. The fraction of sp³-hybridized carbons (Fsp3) is 0.929. The number of carbonyl (C=O) groups is 1. The van der Waals surface area contributed by atoms with Gasteiger partial charge in [-0.3, -0.25) is 0 Å². The zero-order valence-electron chi connectivity index (χ0n) is 13.0. The van der Waals surface area contributed by atoms with Gasteiger partial charge in [0.05, 0.1) is 0 Å². The predicted octanol–water partition coefficient (Wildman–Crippen LogP) is 2.78. The molecule has 4 nitrogen and oxygen atoms in total. The van der Waals surface area contributed by atoms with Crippen LogP contribution in [-0.4, -0.2) is 30.8 Å². The van der Waals surface area contributed by atoms with Crippen LogP contribution < -0.4 is 10.6 Å². The minimum absolute atomic E-state index is 0.335. The summed E-state index contributed by atoms with van der Waals surface area (Å²) in [4.78, 5) is 11.6. The van der Waals surface area contributed by atoms with Gasteiger partial charge in [0, 0.05) is 19.1 Å². The maximum atomic E-state index is 11.6. The minimum atomic E-state index is -0.437. The number of alkyl carbamates (subject to hydrolysis) is 1. The number of hydrogen-bond acceptors (Lipinski definition) is 3. The molecule has 18 heavy (non-hydrogen) atoms. The molecule has 4 heteroatoms. The van der Waals surface area contributed by atoms with Crippen LogP contribution in [0.25, 0.3) is 0 Å². The van der Waals surface area contributed by atoms with Gasteiger partial charge in [-0.15, -0.1) is 0 Å². The number of hydrogen-bond donors (Lipinski definition) is 2. The van der Waals surface area contributed by atoms with Crippen LogP contribution in [-0.2, 0) is 4.74 Å². The molecule has 0 aliphatic heterocycles. The Balaban J connectivity index is 4.07. The van der Waals surface area contributed by atoms with E-state index in [1.54, 1.807) is 0 Å². The lowest BCUT2D eigenvalue weighted by atomic mass is 9.95. The van der Waals surface area contributed by atoms with Gasteiger partial charge in [0.15, 0.2) is 0 Å². The van der Waals surface area contributed by atoms with E-state index >= 15 is 0 Å². The van der Waals surface area contributed by atoms with Crippen molar-refractivity contribution in [2.45, 2.75) is 60.1 Å². The van der Waals surface area contributed by atoms with Gasteiger partial charge in [-0.05, 0) is 32.6 Å². The van der Waals surface area contributed by atoms with Gasteiger partial charge < -0.3 is 15.4 Å². The highest BCUT2D eigenvalue weighted by atomic mass is 16.6. The summed E-state index contributed by atoms with van der Waals surface area (Å²) in [6, 6.07) is 0.466. The van der Waals surface area contributed by atoms with Crippen LogP contribution in [0.5, 0.6) is 0 Å². The van der Waals surface area contributed by atoms with Gasteiger partial charge in [-0.25, -0.2) is 4.79 Å². The van der Waals surface area contributed by atoms with Crippen molar-refractivity contribution in [3.63, 3.8) is 0 Å². The highest BCUT2D eigenvalue weighted by Crippen LogP contribution is 2.10. The fourth-order valence-electron chi connectivity index (χ4n) is 1.46. The monoisotopic (exact) mass is 258 g/mol. The lowest BCUT2D eigenvalue weighted by Gasteiger charge is -2.25. The zero-order chi connectivity index (χ0) is 14.3. The van der Waals surface area contributed by atoms with E-state index in [0.29, 0.717) is 24.4 Å². The van der Waals surface area contributed by atoms with Crippen molar-refractivity contribution >= 4 is 6.09 Å². The highest BCUT2D eigenvalue weighted by molar-refractivity contribution is 5.67. The smallest absolute Gasteiger partial charge is 0.407 e. The topological polar surface area (TPSA) is 50.4 Å². The Kier molecular flexibility index (Phi) is 7.29. The zero-order valence-corrected chi connectivity index (χ0v) is 13.0. The molecule has 0 bridgehead atoms. The summed E-state index contributed by atoms with van der Waals surface area (Å²) in [5.41, 5.74) is -0.437. The molecular formula is C14H30N2O2. The van der Waals surface area contributed by atoms with Crippen LogP contribution in [0.1, 0.15) is 48.5 Å². The van der Waals surface area contributed by atoms with Crippen molar-refractivity contribution < 1.29 is 9.53 Å². The van der Waals surface area contributed by atoms with E-state index in [-0.39, 0.29) is 6.09 Å². The second kappa shape index (κ2) is 7.62. The molecular weight excluding hydrogens is 228 g/mol. The molecule has 2 N–H and O–H groups in total. The summed E-state index contributed by atoms with van der Waals surface area (Å²) >= 11 is 0. The van der Waals surface area contributed by atoms with Crippen molar-refractivity contribution in [1.82, 2.24) is 10.6 Å². The average molecular weight is 258 g/mol. The molecule has 0 saturated heterocycles. The average Bonchev–Trinajstić information content (AvgIpc) is 2.13. The maximum absolute atomic E-state index is 11.6. The van der Waals surface area contributed by atoms with Crippen molar-refractivity contribution in [2.75, 3.05) is 13.1 Å². The second-order valence-corrected chi connectivity index (χ2v) is 6.45. The Morgan fingerprint density at radius 3 is 2.06 bits per heavy atom. The standard InChI is InChI=1S/C14H30N2O2/c1-10(2)12(8-15-11(3)4)9-16-13(17)18-14(5,6)7/h10-12,15H,8-9H2,1-7H3,(H,16,17). The van der Waals surface area contributed by atoms with Crippen LogP contribution in [0.15, 0.2) is 0 Å². The first-order valence-corrected chi connectivity index (χ1v) is 6.82. The van der Waals surface area contributed by atoms with Crippen LogP contribution >= 0.6 is 0 Å². The Hall–Kier alpha value is -0.770. The molecule has 0 aromatic heterocycles. The Morgan fingerprint density at radius 2 is 1.67 bits per heavy atom. The van der Waals surface area contributed by atoms with Crippen LogP contribution in [0, 0.1) is 11.8 Å². The Labute approximate surface area is 112 Å². The van der Waals surface area contributed by atoms with Gasteiger partial charge in [-0.2, -0.15) is 0 Å². The molecule has 0 aliphatic carbocycles. The molecule has 0 aromatic rings. The molecule has 0 saturated carbocycles. The van der Waals surface area contributed by atoms with Crippen LogP contribution in [0.4, 0.5) is 4.79 Å². The lowest BCUT2D eigenvalue weighted by molar-refractivity contribution is 0.0514. The van der Waals surface area contributed by atoms with E-state index in [9.17, 15) is 4.79 Å². The lowest BCUT2D eigenvalue weighted by Crippen LogP contribution is -2.40. The van der Waals surface area contributed by atoms with Crippen LogP contribution in [0.3, 0.4) is 0 Å². The van der Waals surface area contributed by atoms with Gasteiger partial charge in [0.1, 0.15) is 5.60 Å². The first kappa shape index (κ1) is 17.2. The summed E-state index contributed by atoms with van der Waals surface area (Å²) in [6.07, 6.45) is -0.335. The molecule has 0 spiro atoms. The van der Waals surface area contributed by atoms with Crippen LogP contribution in [0.2, 0.25) is 0 Å². The molecule has 0 rings (SSSR count). The number of rotatable bonds is 6. The van der Waals surface area contributed by atoms with Crippen molar-refractivity contribution in [1.29, 1.82) is 0 Å². The number of nitrogens with one attached hydrogen (secondary N) is 2. The first-order chi connectivity index (χ1) is 8.11. The highest BCUT2D eigenvalue weighted by Gasteiger charge is 2.19. The van der Waals surface area contributed by atoms with Crippen molar-refractivity contribution in [3.8, 4) is 0 Å². The number of ether oxygens (including phenoxy) is 1. The fourth-order valence-corrected chi connectivity index (χ4v) is 1.46. The molecule has 1 unspecified atom stereocenters. The predicted molar refractivity (Wildman–Crippen MR) is 75.7 cm³/mol. The number of amides is 1. The molecule has 0 aliphatic rings. The third kappa shape index (κ3) is 9.28. The van der Waals surface area contributed by atoms with E-state index in [1.165, 1.54) is 0 Å². The largest absolute Gasteiger partial charge is 0.444 e. The van der Waals surface area contributed by atoms with E-state index in [0.717, 1.165) is 6.54 Å². The molecule has 1 atom stereocenters. The summed E-state index contributed by atoms with van der Waals surface area (Å²) in [7, 11) is 0.